The number of thioether (sulfide) groups is 1. The molecule has 1 aromatic heterocycles. The Bertz CT molecular complexity index is 357. The van der Waals surface area contributed by atoms with Gasteiger partial charge in [-0.05, 0) is 57.2 Å². The topological polar surface area (TPSA) is 24.9 Å². The van der Waals surface area contributed by atoms with Crippen LogP contribution in [0.5, 0.6) is 0 Å². The van der Waals surface area contributed by atoms with Crippen LogP contribution >= 0.6 is 11.8 Å². The maximum Gasteiger partial charge on any atom is 0.0966 e. The van der Waals surface area contributed by atoms with Crippen molar-refractivity contribution < 1.29 is 0 Å². The highest BCUT2D eigenvalue weighted by Gasteiger charge is 2.03. The van der Waals surface area contributed by atoms with Gasteiger partial charge >= 0.3 is 0 Å². The highest BCUT2D eigenvalue weighted by atomic mass is 32.2. The molecule has 2 nitrogen and oxygen atoms in total. The average molecular weight is 280 g/mol. The van der Waals surface area contributed by atoms with Crippen molar-refractivity contribution in [2.45, 2.75) is 58.5 Å². The van der Waals surface area contributed by atoms with Crippen molar-refractivity contribution in [2.75, 3.05) is 12.3 Å². The van der Waals surface area contributed by atoms with Crippen molar-refractivity contribution >= 4 is 11.8 Å². The molecule has 0 amide bonds. The molecule has 0 aromatic carbocycles. The molecule has 0 bridgehead atoms. The Balaban J connectivity index is 2.19. The van der Waals surface area contributed by atoms with E-state index >= 15 is 0 Å². The lowest BCUT2D eigenvalue weighted by Crippen LogP contribution is -2.28. The minimum absolute atomic E-state index is 0.621. The van der Waals surface area contributed by atoms with Crippen LogP contribution in [0.25, 0.3) is 0 Å². The van der Waals surface area contributed by atoms with Crippen molar-refractivity contribution in [2.24, 2.45) is 5.92 Å². The van der Waals surface area contributed by atoms with Gasteiger partial charge in [-0.25, -0.2) is 4.98 Å². The van der Waals surface area contributed by atoms with Crippen molar-refractivity contribution in [3.8, 4) is 0 Å². The van der Waals surface area contributed by atoms with Crippen molar-refractivity contribution in [3.05, 3.63) is 23.4 Å². The molecule has 0 saturated heterocycles. The van der Waals surface area contributed by atoms with Crippen molar-refractivity contribution in [1.29, 1.82) is 0 Å². The number of nitrogens with zero attached hydrogens (tertiary/aromatic N) is 1. The average Bonchev–Trinajstić information content (AvgIpc) is 2.31. The van der Waals surface area contributed by atoms with Crippen LogP contribution < -0.4 is 5.32 Å². The summed E-state index contributed by atoms with van der Waals surface area (Å²) in [4.78, 5) is 4.55. The fourth-order valence-electron chi connectivity index (χ4n) is 2.02. The normalized spacial score (nSPS) is 12.9. The summed E-state index contributed by atoms with van der Waals surface area (Å²) in [5.74, 6) is 1.89. The molecule has 108 valence electrons. The summed E-state index contributed by atoms with van der Waals surface area (Å²) in [6, 6.07) is 4.91. The molecule has 0 aliphatic carbocycles. The van der Waals surface area contributed by atoms with Gasteiger partial charge in [0, 0.05) is 24.0 Å². The van der Waals surface area contributed by atoms with Crippen LogP contribution in [-0.4, -0.2) is 23.3 Å². The van der Waals surface area contributed by atoms with E-state index in [1.165, 1.54) is 18.4 Å². The summed E-state index contributed by atoms with van der Waals surface area (Å²) in [5, 5.41) is 4.74. The molecule has 1 unspecified atom stereocenters. The van der Waals surface area contributed by atoms with Crippen LogP contribution in [0.1, 0.15) is 44.9 Å². The standard InChI is InChI=1S/C16H28N2S/c1-12(2)6-7-14(4)17-8-9-19-16-11-13(3)10-15(5)18-16/h10-12,14,17H,6-9H2,1-5H3. The van der Waals surface area contributed by atoms with Crippen molar-refractivity contribution in [3.63, 3.8) is 0 Å². The highest BCUT2D eigenvalue weighted by Crippen LogP contribution is 2.17. The molecule has 0 saturated carbocycles. The third-order valence-corrected chi connectivity index (χ3v) is 4.01. The SMILES string of the molecule is Cc1cc(C)nc(SCCNC(C)CCC(C)C)c1. The number of aryl methyl sites for hydroxylation is 2. The second kappa shape index (κ2) is 8.60. The molecule has 0 radical (unpaired) electrons. The van der Waals surface area contributed by atoms with Gasteiger partial charge in [-0.2, -0.15) is 0 Å². The number of nitrogens with one attached hydrogen (secondary N) is 1. The van der Waals surface area contributed by atoms with Crippen LogP contribution in [0.15, 0.2) is 17.2 Å². The minimum Gasteiger partial charge on any atom is -0.313 e. The van der Waals surface area contributed by atoms with E-state index in [2.05, 4.69) is 57.1 Å². The zero-order chi connectivity index (χ0) is 14.3. The van der Waals surface area contributed by atoms with E-state index in [1.54, 1.807) is 0 Å². The summed E-state index contributed by atoms with van der Waals surface area (Å²) >= 11 is 1.84. The summed E-state index contributed by atoms with van der Waals surface area (Å²) < 4.78 is 0. The Kier molecular flexibility index (Phi) is 7.47. The van der Waals surface area contributed by atoms with Gasteiger partial charge in [-0.3, -0.25) is 0 Å². The lowest BCUT2D eigenvalue weighted by molar-refractivity contribution is 0.460. The van der Waals surface area contributed by atoms with E-state index in [-0.39, 0.29) is 0 Å². The number of hydrogen-bond acceptors (Lipinski definition) is 3. The number of aromatic nitrogens is 1. The fourth-order valence-corrected chi connectivity index (χ4v) is 2.93. The van der Waals surface area contributed by atoms with Gasteiger partial charge in [0.2, 0.25) is 0 Å². The van der Waals surface area contributed by atoms with Crippen LogP contribution in [0.4, 0.5) is 0 Å². The fraction of sp³-hybridized carbons (Fsp3) is 0.688. The van der Waals surface area contributed by atoms with Gasteiger partial charge in [0.1, 0.15) is 0 Å². The minimum atomic E-state index is 0.621. The number of rotatable bonds is 8. The maximum atomic E-state index is 4.55. The first-order chi connectivity index (χ1) is 8.97. The molecule has 1 atom stereocenters. The molecular weight excluding hydrogens is 252 g/mol. The Morgan fingerprint density at radius 3 is 2.53 bits per heavy atom. The summed E-state index contributed by atoms with van der Waals surface area (Å²) in [6.45, 7) is 12.1. The molecule has 0 spiro atoms. The highest BCUT2D eigenvalue weighted by molar-refractivity contribution is 7.99. The lowest BCUT2D eigenvalue weighted by Gasteiger charge is -2.14. The summed E-state index contributed by atoms with van der Waals surface area (Å²) in [6.07, 6.45) is 2.57. The largest absolute Gasteiger partial charge is 0.313 e. The predicted molar refractivity (Wildman–Crippen MR) is 86.0 cm³/mol. The quantitative estimate of drug-likeness (QED) is 0.570. The van der Waals surface area contributed by atoms with E-state index in [0.717, 1.165) is 28.9 Å². The molecule has 19 heavy (non-hydrogen) atoms. The van der Waals surface area contributed by atoms with Crippen molar-refractivity contribution in [1.82, 2.24) is 10.3 Å². The van der Waals surface area contributed by atoms with Gasteiger partial charge in [0.15, 0.2) is 0 Å². The first-order valence-corrected chi connectivity index (χ1v) is 8.27. The molecule has 1 rings (SSSR count). The molecule has 0 aliphatic rings. The summed E-state index contributed by atoms with van der Waals surface area (Å²) in [5.41, 5.74) is 2.41. The molecular formula is C16H28N2S. The van der Waals surface area contributed by atoms with Crippen LogP contribution in [-0.2, 0) is 0 Å². The molecule has 1 aromatic rings. The first-order valence-electron chi connectivity index (χ1n) is 7.29. The second-order valence-corrected chi connectivity index (χ2v) is 6.91. The van der Waals surface area contributed by atoms with Gasteiger partial charge in [0.05, 0.1) is 5.03 Å². The number of hydrogen-bond donors (Lipinski definition) is 1. The zero-order valence-corrected chi connectivity index (χ0v) is 13.8. The third-order valence-electron chi connectivity index (χ3n) is 3.10. The zero-order valence-electron chi connectivity index (χ0n) is 13.0. The smallest absolute Gasteiger partial charge is 0.0966 e. The molecule has 0 aliphatic heterocycles. The Labute approximate surface area is 122 Å². The predicted octanol–water partition coefficient (Wildman–Crippen LogP) is 4.20. The van der Waals surface area contributed by atoms with E-state index in [1.807, 2.05) is 11.8 Å². The van der Waals surface area contributed by atoms with E-state index in [0.29, 0.717) is 6.04 Å². The van der Waals surface area contributed by atoms with E-state index in [4.69, 9.17) is 0 Å². The lowest BCUT2D eigenvalue weighted by atomic mass is 10.0. The second-order valence-electron chi connectivity index (χ2n) is 5.80. The molecule has 1 N–H and O–H groups in total. The van der Waals surface area contributed by atoms with E-state index < -0.39 is 0 Å². The molecule has 0 fully saturated rings. The van der Waals surface area contributed by atoms with Gasteiger partial charge < -0.3 is 5.32 Å². The Morgan fingerprint density at radius 2 is 1.89 bits per heavy atom. The number of pyridine rings is 1. The van der Waals surface area contributed by atoms with Crippen LogP contribution in [0, 0.1) is 19.8 Å². The van der Waals surface area contributed by atoms with Crippen LogP contribution in [0.2, 0.25) is 0 Å². The Hall–Kier alpha value is -0.540. The molecule has 3 heteroatoms. The molecule has 1 heterocycles. The van der Waals surface area contributed by atoms with Gasteiger partial charge in [0.25, 0.3) is 0 Å². The summed E-state index contributed by atoms with van der Waals surface area (Å²) in [7, 11) is 0. The maximum absolute atomic E-state index is 4.55. The third kappa shape index (κ3) is 7.58. The first kappa shape index (κ1) is 16.5. The van der Waals surface area contributed by atoms with Gasteiger partial charge in [-0.1, -0.05) is 13.8 Å². The van der Waals surface area contributed by atoms with Crippen LogP contribution in [0.3, 0.4) is 0 Å². The Morgan fingerprint density at radius 1 is 1.16 bits per heavy atom. The monoisotopic (exact) mass is 280 g/mol. The van der Waals surface area contributed by atoms with E-state index in [9.17, 15) is 0 Å². The van der Waals surface area contributed by atoms with Gasteiger partial charge in [-0.15, -0.1) is 11.8 Å².